The minimum absolute atomic E-state index is 0.255. The number of aromatic nitrogens is 3. The first-order valence-electron chi connectivity index (χ1n) is 6.87. The maximum absolute atomic E-state index is 9.89. The van der Waals surface area contributed by atoms with Crippen LogP contribution in [0.2, 0.25) is 0 Å². The summed E-state index contributed by atoms with van der Waals surface area (Å²) in [7, 11) is 0. The molecule has 1 aromatic heterocycles. The molecule has 0 spiro atoms. The second kappa shape index (κ2) is 6.99. The van der Waals surface area contributed by atoms with Crippen LogP contribution in [0.25, 0.3) is 0 Å². The van der Waals surface area contributed by atoms with E-state index in [1.165, 1.54) is 11.8 Å². The van der Waals surface area contributed by atoms with E-state index in [9.17, 15) is 5.11 Å². The Morgan fingerprint density at radius 2 is 2.27 bits per heavy atom. The molecule has 7 nitrogen and oxygen atoms in total. The van der Waals surface area contributed by atoms with Crippen LogP contribution in [0, 0.1) is 6.92 Å². The van der Waals surface area contributed by atoms with Gasteiger partial charge in [-0.2, -0.15) is 0 Å². The van der Waals surface area contributed by atoms with Crippen LogP contribution in [0.15, 0.2) is 23.4 Å². The largest absolute Gasteiger partial charge is 0.454 e. The lowest BCUT2D eigenvalue weighted by molar-refractivity contribution is 0.0397. The second-order valence-corrected chi connectivity index (χ2v) is 5.86. The highest BCUT2D eigenvalue weighted by Crippen LogP contribution is 2.32. The lowest BCUT2D eigenvalue weighted by Crippen LogP contribution is -2.18. The smallest absolute Gasteiger partial charge is 0.231 e. The number of rotatable bonds is 7. The van der Waals surface area contributed by atoms with Crippen LogP contribution in [-0.2, 0) is 11.3 Å². The molecule has 0 radical (unpaired) electrons. The zero-order valence-electron chi connectivity index (χ0n) is 12.1. The molecule has 0 saturated heterocycles. The Labute approximate surface area is 132 Å². The summed E-state index contributed by atoms with van der Waals surface area (Å²) in [5.41, 5.74) is 0.980. The first kappa shape index (κ1) is 15.1. The third kappa shape index (κ3) is 3.90. The molecule has 118 valence electrons. The summed E-state index contributed by atoms with van der Waals surface area (Å²) in [6.07, 6.45) is -0.571. The number of hydrogen-bond acceptors (Lipinski definition) is 7. The fraction of sp³-hybridized carbons (Fsp3) is 0.429. The van der Waals surface area contributed by atoms with E-state index in [1.54, 1.807) is 0 Å². The van der Waals surface area contributed by atoms with Gasteiger partial charge in [0.05, 0.1) is 19.3 Å². The number of H-pyrrole nitrogens is 1. The van der Waals surface area contributed by atoms with Gasteiger partial charge in [-0.15, -0.1) is 5.10 Å². The van der Waals surface area contributed by atoms with E-state index in [0.717, 1.165) is 22.9 Å². The Bertz CT molecular complexity index is 634. The molecule has 0 unspecified atom stereocenters. The fourth-order valence-electron chi connectivity index (χ4n) is 1.95. The van der Waals surface area contributed by atoms with E-state index in [1.807, 2.05) is 25.1 Å². The average Bonchev–Trinajstić information content (AvgIpc) is 3.13. The molecule has 0 saturated carbocycles. The van der Waals surface area contributed by atoms with Crippen LogP contribution >= 0.6 is 11.8 Å². The topological polar surface area (TPSA) is 89.5 Å². The normalized spacial score (nSPS) is 14.3. The monoisotopic (exact) mass is 323 g/mol. The molecule has 8 heteroatoms. The molecule has 2 aromatic rings. The van der Waals surface area contributed by atoms with Crippen LogP contribution in [-0.4, -0.2) is 45.5 Å². The van der Waals surface area contributed by atoms with Gasteiger partial charge in [0.1, 0.15) is 5.82 Å². The summed E-state index contributed by atoms with van der Waals surface area (Å²) in [5, 5.41) is 17.3. The van der Waals surface area contributed by atoms with Crippen molar-refractivity contribution in [3.8, 4) is 11.5 Å². The van der Waals surface area contributed by atoms with Crippen molar-refractivity contribution >= 4 is 11.8 Å². The molecule has 0 amide bonds. The van der Waals surface area contributed by atoms with Crippen molar-refractivity contribution in [1.29, 1.82) is 0 Å². The van der Waals surface area contributed by atoms with Gasteiger partial charge in [0, 0.05) is 5.75 Å². The van der Waals surface area contributed by atoms with Crippen molar-refractivity contribution in [3.63, 3.8) is 0 Å². The van der Waals surface area contributed by atoms with E-state index in [4.69, 9.17) is 14.2 Å². The SMILES string of the molecule is Cc1nc(SC[C@H](O)COCc2ccc3c(c2)OCO3)n[nH]1. The van der Waals surface area contributed by atoms with Crippen LogP contribution in [0.3, 0.4) is 0 Å². The summed E-state index contributed by atoms with van der Waals surface area (Å²) >= 11 is 1.39. The maximum Gasteiger partial charge on any atom is 0.231 e. The highest BCUT2D eigenvalue weighted by atomic mass is 32.2. The van der Waals surface area contributed by atoms with Gasteiger partial charge in [0.15, 0.2) is 11.5 Å². The molecule has 1 atom stereocenters. The number of aliphatic hydroxyl groups is 1. The van der Waals surface area contributed by atoms with E-state index < -0.39 is 6.10 Å². The van der Waals surface area contributed by atoms with Crippen LogP contribution in [0.4, 0.5) is 0 Å². The predicted molar refractivity (Wildman–Crippen MR) is 80.1 cm³/mol. The second-order valence-electron chi connectivity index (χ2n) is 4.87. The van der Waals surface area contributed by atoms with Crippen molar-refractivity contribution < 1.29 is 19.3 Å². The molecule has 1 aromatic carbocycles. The van der Waals surface area contributed by atoms with Crippen molar-refractivity contribution in [1.82, 2.24) is 15.2 Å². The average molecular weight is 323 g/mol. The number of thioether (sulfide) groups is 1. The number of aliphatic hydroxyl groups excluding tert-OH is 1. The summed E-state index contributed by atoms with van der Waals surface area (Å²) in [6, 6.07) is 5.67. The molecule has 2 heterocycles. The Hall–Kier alpha value is -1.77. The first-order valence-corrected chi connectivity index (χ1v) is 7.85. The Morgan fingerprint density at radius 3 is 3.09 bits per heavy atom. The lowest BCUT2D eigenvalue weighted by atomic mass is 10.2. The van der Waals surface area contributed by atoms with Gasteiger partial charge in [-0.05, 0) is 24.6 Å². The van der Waals surface area contributed by atoms with Crippen LogP contribution in [0.1, 0.15) is 11.4 Å². The Morgan fingerprint density at radius 1 is 1.41 bits per heavy atom. The molecule has 22 heavy (non-hydrogen) atoms. The third-order valence-electron chi connectivity index (χ3n) is 3.00. The van der Waals surface area contributed by atoms with Gasteiger partial charge >= 0.3 is 0 Å². The molecule has 0 fully saturated rings. The van der Waals surface area contributed by atoms with Gasteiger partial charge in [-0.25, -0.2) is 4.98 Å². The van der Waals surface area contributed by atoms with Crippen molar-refractivity contribution in [2.45, 2.75) is 24.8 Å². The quantitative estimate of drug-likeness (QED) is 0.747. The minimum Gasteiger partial charge on any atom is -0.454 e. The number of hydrogen-bond donors (Lipinski definition) is 2. The number of benzene rings is 1. The van der Waals surface area contributed by atoms with Gasteiger partial charge in [0.2, 0.25) is 11.9 Å². The fourth-order valence-corrected chi connectivity index (χ4v) is 2.70. The summed E-state index contributed by atoms with van der Waals surface area (Å²) in [5.74, 6) is 2.73. The zero-order chi connectivity index (χ0) is 15.4. The molecule has 0 aliphatic carbocycles. The highest BCUT2D eigenvalue weighted by Gasteiger charge is 2.13. The van der Waals surface area contributed by atoms with Crippen molar-refractivity contribution in [2.75, 3.05) is 19.2 Å². The van der Waals surface area contributed by atoms with Gasteiger partial charge in [-0.1, -0.05) is 17.8 Å². The third-order valence-corrected chi connectivity index (χ3v) is 3.99. The van der Waals surface area contributed by atoms with Crippen LogP contribution < -0.4 is 9.47 Å². The highest BCUT2D eigenvalue weighted by molar-refractivity contribution is 7.99. The van der Waals surface area contributed by atoms with Gasteiger partial charge in [0.25, 0.3) is 0 Å². The molecular formula is C14H17N3O4S. The Kier molecular flexibility index (Phi) is 4.81. The first-order chi connectivity index (χ1) is 10.7. The molecule has 0 bridgehead atoms. The molecule has 1 aliphatic heterocycles. The molecular weight excluding hydrogens is 306 g/mol. The zero-order valence-corrected chi connectivity index (χ0v) is 12.9. The number of nitrogens with zero attached hydrogens (tertiary/aromatic N) is 2. The van der Waals surface area contributed by atoms with Crippen molar-refractivity contribution in [2.24, 2.45) is 0 Å². The van der Waals surface area contributed by atoms with Gasteiger partial charge in [-0.3, -0.25) is 5.10 Å². The summed E-state index contributed by atoms with van der Waals surface area (Å²) in [6.45, 7) is 2.77. The van der Waals surface area contributed by atoms with Crippen molar-refractivity contribution in [3.05, 3.63) is 29.6 Å². The number of fused-ring (bicyclic) bond motifs is 1. The number of ether oxygens (including phenoxy) is 3. The number of nitrogens with one attached hydrogen (secondary N) is 1. The maximum atomic E-state index is 9.89. The summed E-state index contributed by atoms with van der Waals surface area (Å²) in [4.78, 5) is 4.16. The minimum atomic E-state index is -0.571. The number of aryl methyl sites for hydroxylation is 1. The van der Waals surface area contributed by atoms with Gasteiger partial charge < -0.3 is 19.3 Å². The van der Waals surface area contributed by atoms with Crippen LogP contribution in [0.5, 0.6) is 11.5 Å². The van der Waals surface area contributed by atoms with E-state index in [0.29, 0.717) is 17.5 Å². The predicted octanol–water partition coefficient (Wildman–Crippen LogP) is 1.51. The van der Waals surface area contributed by atoms with E-state index in [-0.39, 0.29) is 13.4 Å². The standard InChI is InChI=1S/C14H17N3O4S/c1-9-15-14(17-16-9)22-7-11(18)6-19-5-10-2-3-12-13(4-10)21-8-20-12/h2-4,11,18H,5-8H2,1H3,(H,15,16,17)/t11-/m1/s1. The summed E-state index contributed by atoms with van der Waals surface area (Å²) < 4.78 is 16.1. The number of aromatic amines is 1. The molecule has 1 aliphatic rings. The van der Waals surface area contributed by atoms with E-state index >= 15 is 0 Å². The lowest BCUT2D eigenvalue weighted by Gasteiger charge is -2.10. The molecule has 2 N–H and O–H groups in total. The molecule has 3 rings (SSSR count). The Balaban J connectivity index is 1.39. The van der Waals surface area contributed by atoms with E-state index in [2.05, 4.69) is 15.2 Å².